The number of hydrogen-bond acceptors (Lipinski definition) is 3. The Balaban J connectivity index is 1.72. The molecule has 4 nitrogen and oxygen atoms in total. The molecule has 2 aromatic rings. The van der Waals surface area contributed by atoms with E-state index in [-0.39, 0.29) is 24.5 Å². The molecule has 24 heavy (non-hydrogen) atoms. The van der Waals surface area contributed by atoms with E-state index >= 15 is 0 Å². The van der Waals surface area contributed by atoms with Gasteiger partial charge in [0.15, 0.2) is 0 Å². The molecular weight excluding hydrogens is 483 g/mol. The molecule has 0 aromatic heterocycles. The van der Waals surface area contributed by atoms with Crippen molar-refractivity contribution in [3.63, 3.8) is 0 Å². The zero-order valence-electron chi connectivity index (χ0n) is 12.8. The Morgan fingerprint density at radius 2 is 1.88 bits per heavy atom. The van der Waals surface area contributed by atoms with Gasteiger partial charge in [-0.2, -0.15) is 5.10 Å². The van der Waals surface area contributed by atoms with Crippen molar-refractivity contribution in [2.24, 2.45) is 5.10 Å². The summed E-state index contributed by atoms with van der Waals surface area (Å²) in [5, 5.41) is 3.90. The number of ketones is 1. The third-order valence-electron chi connectivity index (χ3n) is 3.19. The van der Waals surface area contributed by atoms with Gasteiger partial charge in [-0.05, 0) is 58.0 Å². The van der Waals surface area contributed by atoms with E-state index in [9.17, 15) is 9.59 Å². The number of amides is 1. The lowest BCUT2D eigenvalue weighted by Gasteiger charge is -2.02. The lowest BCUT2D eigenvalue weighted by molar-refractivity contribution is -0.125. The van der Waals surface area contributed by atoms with E-state index in [0.717, 1.165) is 19.2 Å². The predicted molar refractivity (Wildman–Crippen MR) is 107 cm³/mol. The van der Waals surface area contributed by atoms with Gasteiger partial charge in [-0.3, -0.25) is 9.59 Å². The molecule has 0 saturated heterocycles. The molecule has 0 aliphatic rings. The van der Waals surface area contributed by atoms with Crippen molar-refractivity contribution in [3.05, 3.63) is 67.7 Å². The molecule has 0 spiro atoms. The van der Waals surface area contributed by atoms with Crippen LogP contribution in [0.5, 0.6) is 0 Å². The fourth-order valence-corrected chi connectivity index (χ4v) is 2.81. The highest BCUT2D eigenvalue weighted by Crippen LogP contribution is 2.13. The molecule has 1 N–H and O–H groups in total. The van der Waals surface area contributed by atoms with E-state index in [1.54, 1.807) is 6.21 Å². The van der Waals surface area contributed by atoms with Gasteiger partial charge in [-0.1, -0.05) is 40.2 Å². The van der Waals surface area contributed by atoms with Gasteiger partial charge in [0.05, 0.1) is 6.21 Å². The average molecular weight is 499 g/mol. The number of carbonyl (C=O) groups is 2. The number of benzene rings is 2. The molecular formula is C18H16BrIN2O2. The normalized spacial score (nSPS) is 10.8. The van der Waals surface area contributed by atoms with Gasteiger partial charge in [0.1, 0.15) is 5.78 Å². The van der Waals surface area contributed by atoms with Gasteiger partial charge in [0, 0.05) is 27.3 Å². The highest BCUT2D eigenvalue weighted by atomic mass is 127. The Kier molecular flexibility index (Phi) is 7.58. The number of halogens is 2. The SMILES string of the molecule is O=C(CCC(=O)N/N=C/c1ccc(I)cc1)Cc1cccc(Br)c1. The van der Waals surface area contributed by atoms with Gasteiger partial charge in [-0.15, -0.1) is 0 Å². The number of hydrazone groups is 1. The maximum atomic E-state index is 11.9. The first-order chi connectivity index (χ1) is 11.5. The molecule has 2 rings (SSSR count). The van der Waals surface area contributed by atoms with Crippen LogP contribution in [0.1, 0.15) is 24.0 Å². The van der Waals surface area contributed by atoms with E-state index in [1.165, 1.54) is 0 Å². The van der Waals surface area contributed by atoms with Crippen LogP contribution < -0.4 is 5.43 Å². The van der Waals surface area contributed by atoms with Crippen molar-refractivity contribution in [3.8, 4) is 0 Å². The highest BCUT2D eigenvalue weighted by molar-refractivity contribution is 14.1. The van der Waals surface area contributed by atoms with E-state index in [2.05, 4.69) is 49.0 Å². The van der Waals surface area contributed by atoms with E-state index in [0.29, 0.717) is 6.42 Å². The van der Waals surface area contributed by atoms with E-state index in [1.807, 2.05) is 48.5 Å². The first kappa shape index (κ1) is 18.8. The Labute approximate surface area is 163 Å². The van der Waals surface area contributed by atoms with Crippen molar-refractivity contribution >= 4 is 56.4 Å². The summed E-state index contributed by atoms with van der Waals surface area (Å²) < 4.78 is 2.08. The van der Waals surface area contributed by atoms with Crippen LogP contribution in [0.2, 0.25) is 0 Å². The van der Waals surface area contributed by atoms with Crippen LogP contribution in [0.3, 0.4) is 0 Å². The number of hydrogen-bond donors (Lipinski definition) is 1. The molecule has 0 fully saturated rings. The van der Waals surface area contributed by atoms with E-state index in [4.69, 9.17) is 0 Å². The lowest BCUT2D eigenvalue weighted by Crippen LogP contribution is -2.18. The quantitative estimate of drug-likeness (QED) is 0.355. The summed E-state index contributed by atoms with van der Waals surface area (Å²) in [6.45, 7) is 0. The number of Topliss-reactive ketones (excluding diaryl/α,β-unsaturated/α-hetero) is 1. The van der Waals surface area contributed by atoms with Crippen LogP contribution in [0.15, 0.2) is 58.1 Å². The molecule has 0 atom stereocenters. The van der Waals surface area contributed by atoms with Gasteiger partial charge in [0.25, 0.3) is 0 Å². The molecule has 0 unspecified atom stereocenters. The third-order valence-corrected chi connectivity index (χ3v) is 4.41. The molecule has 0 aliphatic heterocycles. The topological polar surface area (TPSA) is 58.5 Å². The summed E-state index contributed by atoms with van der Waals surface area (Å²) in [5.41, 5.74) is 4.28. The highest BCUT2D eigenvalue weighted by Gasteiger charge is 2.07. The van der Waals surface area contributed by atoms with Crippen LogP contribution in [0.25, 0.3) is 0 Å². The van der Waals surface area contributed by atoms with Gasteiger partial charge in [0.2, 0.25) is 5.91 Å². The molecule has 2 aromatic carbocycles. The van der Waals surface area contributed by atoms with Crippen molar-refractivity contribution in [1.82, 2.24) is 5.43 Å². The minimum Gasteiger partial charge on any atom is -0.299 e. The summed E-state index contributed by atoms with van der Waals surface area (Å²) in [5.74, 6) is -0.232. The van der Waals surface area contributed by atoms with Crippen molar-refractivity contribution in [2.75, 3.05) is 0 Å². The zero-order chi connectivity index (χ0) is 17.4. The van der Waals surface area contributed by atoms with Crippen LogP contribution in [-0.2, 0) is 16.0 Å². The molecule has 0 saturated carbocycles. The molecule has 6 heteroatoms. The summed E-state index contributed by atoms with van der Waals surface area (Å²) in [6, 6.07) is 15.4. The summed E-state index contributed by atoms with van der Waals surface area (Å²) >= 11 is 5.60. The molecule has 1 amide bonds. The predicted octanol–water partition coefficient (Wildman–Crippen LogP) is 4.10. The minimum atomic E-state index is -0.264. The fraction of sp³-hybridized carbons (Fsp3) is 0.167. The number of rotatable bonds is 7. The lowest BCUT2D eigenvalue weighted by atomic mass is 10.1. The second-order valence-electron chi connectivity index (χ2n) is 5.19. The maximum absolute atomic E-state index is 11.9. The second kappa shape index (κ2) is 9.68. The fourth-order valence-electron chi connectivity index (χ4n) is 2.00. The molecule has 0 radical (unpaired) electrons. The number of carbonyl (C=O) groups excluding carboxylic acids is 2. The third kappa shape index (κ3) is 6.92. The smallest absolute Gasteiger partial charge is 0.240 e. The summed E-state index contributed by atoms with van der Waals surface area (Å²) in [7, 11) is 0. The van der Waals surface area contributed by atoms with E-state index < -0.39 is 0 Å². The van der Waals surface area contributed by atoms with Crippen LogP contribution >= 0.6 is 38.5 Å². The molecule has 0 bridgehead atoms. The van der Waals surface area contributed by atoms with Crippen molar-refractivity contribution in [1.29, 1.82) is 0 Å². The first-order valence-corrected chi connectivity index (χ1v) is 9.24. The Hall–Kier alpha value is -1.54. The summed E-state index contributed by atoms with van der Waals surface area (Å²) in [6.07, 6.45) is 2.25. The van der Waals surface area contributed by atoms with Crippen molar-refractivity contribution < 1.29 is 9.59 Å². The second-order valence-corrected chi connectivity index (χ2v) is 7.35. The minimum absolute atomic E-state index is 0.0323. The average Bonchev–Trinajstić information content (AvgIpc) is 2.55. The van der Waals surface area contributed by atoms with Gasteiger partial charge in [-0.25, -0.2) is 5.43 Å². The van der Waals surface area contributed by atoms with Gasteiger partial charge >= 0.3 is 0 Å². The van der Waals surface area contributed by atoms with Crippen LogP contribution in [0, 0.1) is 3.57 Å². The van der Waals surface area contributed by atoms with Crippen molar-refractivity contribution in [2.45, 2.75) is 19.3 Å². The molecule has 0 aliphatic carbocycles. The van der Waals surface area contributed by atoms with Crippen LogP contribution in [0.4, 0.5) is 0 Å². The number of nitrogens with one attached hydrogen (secondary N) is 1. The standard InChI is InChI=1S/C18H16BrIN2O2/c19-15-3-1-2-14(10-15)11-17(23)8-9-18(24)22-21-12-13-4-6-16(20)7-5-13/h1-7,10,12H,8-9,11H2,(H,22,24)/b21-12+. The Bertz CT molecular complexity index is 745. The summed E-state index contributed by atoms with van der Waals surface area (Å²) in [4.78, 5) is 23.6. The molecule has 0 heterocycles. The Morgan fingerprint density at radius 3 is 2.58 bits per heavy atom. The zero-order valence-corrected chi connectivity index (χ0v) is 16.6. The molecule has 124 valence electrons. The largest absolute Gasteiger partial charge is 0.299 e. The Morgan fingerprint density at radius 1 is 1.12 bits per heavy atom. The van der Waals surface area contributed by atoms with Crippen LogP contribution in [-0.4, -0.2) is 17.9 Å². The number of nitrogens with zero attached hydrogens (tertiary/aromatic N) is 1. The first-order valence-electron chi connectivity index (χ1n) is 7.36. The maximum Gasteiger partial charge on any atom is 0.240 e. The van der Waals surface area contributed by atoms with Gasteiger partial charge < -0.3 is 0 Å². The monoisotopic (exact) mass is 498 g/mol.